The van der Waals surface area contributed by atoms with Crippen molar-refractivity contribution >= 4 is 15.1 Å². The summed E-state index contributed by atoms with van der Waals surface area (Å²) >= 11 is 0. The Kier molecular flexibility index (Phi) is 6.72. The van der Waals surface area contributed by atoms with Crippen molar-refractivity contribution in [3.8, 4) is 17.3 Å². The van der Waals surface area contributed by atoms with Crippen molar-refractivity contribution in [2.24, 2.45) is 0 Å². The monoisotopic (exact) mass is 500 g/mol. The predicted octanol–water partition coefficient (Wildman–Crippen LogP) is 5.46. The zero-order valence-corrected chi connectivity index (χ0v) is 22.3. The topological polar surface area (TPSA) is 82.0 Å². The zero-order valence-electron chi connectivity index (χ0n) is 21.2. The van der Waals surface area contributed by atoms with Gasteiger partial charge in [0.15, 0.2) is 0 Å². The Morgan fingerprint density at radius 1 is 1.17 bits per heavy atom. The van der Waals surface area contributed by atoms with Gasteiger partial charge in [0.25, 0.3) is 5.91 Å². The van der Waals surface area contributed by atoms with Gasteiger partial charge in [0.2, 0.25) is 0 Å². The van der Waals surface area contributed by atoms with Gasteiger partial charge in [-0.1, -0.05) is 18.2 Å². The van der Waals surface area contributed by atoms with Gasteiger partial charge in [0.05, 0.1) is 23.4 Å². The van der Waals surface area contributed by atoms with E-state index < -0.39 is 0 Å². The molecule has 0 radical (unpaired) electrons. The van der Waals surface area contributed by atoms with Crippen molar-refractivity contribution in [1.29, 1.82) is 5.26 Å². The zero-order chi connectivity index (χ0) is 25.4. The molecule has 1 unspecified atom stereocenters. The first-order chi connectivity index (χ1) is 17.3. The fraction of sp³-hybridized carbons (Fsp3) is 0.414. The van der Waals surface area contributed by atoms with Gasteiger partial charge in [0.1, 0.15) is 5.82 Å². The highest BCUT2D eigenvalue weighted by atomic mass is 31.0. The van der Waals surface area contributed by atoms with Crippen LogP contribution in [0.4, 0.5) is 0 Å². The molecule has 0 spiro atoms. The van der Waals surface area contributed by atoms with Gasteiger partial charge in [-0.2, -0.15) is 5.26 Å². The molecular weight excluding hydrogens is 467 g/mol. The van der Waals surface area contributed by atoms with Crippen LogP contribution >= 0.6 is 9.24 Å². The summed E-state index contributed by atoms with van der Waals surface area (Å²) in [5, 5.41) is 8.93. The van der Waals surface area contributed by atoms with Crippen LogP contribution in [0.5, 0.6) is 0 Å². The van der Waals surface area contributed by atoms with Gasteiger partial charge in [-0.15, -0.1) is 9.24 Å². The summed E-state index contributed by atoms with van der Waals surface area (Å²) in [6.07, 6.45) is 4.40. The lowest BCUT2D eigenvalue weighted by atomic mass is 9.86. The summed E-state index contributed by atoms with van der Waals surface area (Å²) < 4.78 is 5.56. The van der Waals surface area contributed by atoms with Gasteiger partial charge in [-0.3, -0.25) is 4.79 Å². The van der Waals surface area contributed by atoms with Crippen LogP contribution in [0.3, 0.4) is 0 Å². The fourth-order valence-electron chi connectivity index (χ4n) is 5.42. The number of aromatic amines is 1. The second-order valence-corrected chi connectivity index (χ2v) is 11.4. The number of methoxy groups -OCH3 is 1. The average Bonchev–Trinajstić information content (AvgIpc) is 3.26. The van der Waals surface area contributed by atoms with Crippen molar-refractivity contribution < 1.29 is 9.53 Å². The Morgan fingerprint density at radius 3 is 2.50 bits per heavy atom. The summed E-state index contributed by atoms with van der Waals surface area (Å²) in [6.45, 7) is 5.52. The highest BCUT2D eigenvalue weighted by Crippen LogP contribution is 2.45. The number of carbonyl (C=O) groups is 1. The summed E-state index contributed by atoms with van der Waals surface area (Å²) in [4.78, 5) is 23.8. The molecule has 5 rings (SSSR count). The fourth-order valence-corrected chi connectivity index (χ4v) is 5.89. The molecular formula is C29H33N4O2P. The molecule has 0 bridgehead atoms. The third-order valence-electron chi connectivity index (χ3n) is 7.93. The molecule has 2 aromatic carbocycles. The summed E-state index contributed by atoms with van der Waals surface area (Å²) in [5.74, 6) is 1.36. The number of nitrogens with one attached hydrogen (secondary N) is 1. The van der Waals surface area contributed by atoms with E-state index in [1.807, 2.05) is 47.4 Å². The Labute approximate surface area is 215 Å². The summed E-state index contributed by atoms with van der Waals surface area (Å²) in [5.41, 5.74) is 6.58. The van der Waals surface area contributed by atoms with Crippen LogP contribution in [0, 0.1) is 25.2 Å². The molecule has 1 aliphatic heterocycles. The van der Waals surface area contributed by atoms with Crippen molar-refractivity contribution in [1.82, 2.24) is 14.9 Å². The smallest absolute Gasteiger partial charge is 0.253 e. The van der Waals surface area contributed by atoms with Crippen LogP contribution in [0.25, 0.3) is 11.3 Å². The van der Waals surface area contributed by atoms with Crippen molar-refractivity contribution in [3.05, 3.63) is 76.2 Å². The number of benzene rings is 2. The van der Waals surface area contributed by atoms with E-state index in [1.165, 1.54) is 5.56 Å². The molecule has 2 heterocycles. The van der Waals surface area contributed by atoms with Crippen LogP contribution in [-0.2, 0) is 9.89 Å². The molecule has 1 saturated heterocycles. The summed E-state index contributed by atoms with van der Waals surface area (Å²) in [6, 6.07) is 15.8. The van der Waals surface area contributed by atoms with Crippen LogP contribution < -0.4 is 0 Å². The lowest BCUT2D eigenvalue weighted by molar-refractivity contribution is 0.0602. The largest absolute Gasteiger partial charge is 0.381 e. The standard InChI is InChI=1S/C29H33N4O2P/c1-18-4-7-22(27(34)33-16-23(17-33)21-8-5-20(15-30)6-9-21)14-25(18)26-19(2)31-28(32-26)29(36)12-10-24(35-3)11-13-29/h4-9,14,23-24H,10-13,16-17,36H2,1-3H3,(H,31,32). The average molecular weight is 501 g/mol. The number of H-pyrrole nitrogens is 1. The van der Waals surface area contributed by atoms with Crippen LogP contribution in [0.15, 0.2) is 42.5 Å². The Bertz CT molecular complexity index is 1310. The molecule has 7 heteroatoms. The molecule has 186 valence electrons. The van der Waals surface area contributed by atoms with E-state index in [4.69, 9.17) is 15.0 Å². The highest BCUT2D eigenvalue weighted by Gasteiger charge is 2.36. The van der Waals surface area contributed by atoms with E-state index in [2.05, 4.69) is 34.1 Å². The number of hydrogen-bond acceptors (Lipinski definition) is 4. The lowest BCUT2D eigenvalue weighted by Gasteiger charge is -2.39. The number of amides is 1. The van der Waals surface area contributed by atoms with Gasteiger partial charge >= 0.3 is 0 Å². The number of rotatable bonds is 5. The third-order valence-corrected chi connectivity index (χ3v) is 8.78. The number of ether oxygens (including phenoxy) is 1. The SMILES string of the molecule is COC1CCC(P)(c2nc(-c3cc(C(=O)N4CC(c5ccc(C#N)cc5)C4)ccc3C)c(C)[nH]2)CC1. The number of imidazole rings is 1. The van der Waals surface area contributed by atoms with E-state index >= 15 is 0 Å². The van der Waals surface area contributed by atoms with E-state index in [0.717, 1.165) is 54.0 Å². The van der Waals surface area contributed by atoms with Gasteiger partial charge in [0, 0.05) is 48.1 Å². The number of likely N-dealkylation sites (tertiary alicyclic amines) is 1. The molecule has 2 fully saturated rings. The number of hydrogen-bond donors (Lipinski definition) is 1. The van der Waals surface area contributed by atoms with E-state index in [1.54, 1.807) is 7.11 Å². The van der Waals surface area contributed by atoms with Crippen molar-refractivity contribution in [2.75, 3.05) is 20.2 Å². The second-order valence-electron chi connectivity index (χ2n) is 10.3. The number of nitriles is 1. The molecule has 6 nitrogen and oxygen atoms in total. The molecule has 1 saturated carbocycles. The van der Waals surface area contributed by atoms with E-state index in [9.17, 15) is 4.79 Å². The third kappa shape index (κ3) is 4.59. The maximum absolute atomic E-state index is 13.3. The lowest BCUT2D eigenvalue weighted by Crippen LogP contribution is -2.48. The molecule has 1 amide bonds. The predicted molar refractivity (Wildman–Crippen MR) is 144 cm³/mol. The maximum Gasteiger partial charge on any atom is 0.253 e. The molecule has 36 heavy (non-hydrogen) atoms. The number of aryl methyl sites for hydroxylation is 2. The van der Waals surface area contributed by atoms with Crippen LogP contribution in [0.2, 0.25) is 0 Å². The first kappa shape index (κ1) is 24.7. The minimum absolute atomic E-state index is 0.0509. The maximum atomic E-state index is 13.3. The van der Waals surface area contributed by atoms with E-state index in [0.29, 0.717) is 36.2 Å². The number of aromatic nitrogens is 2. The molecule has 1 aromatic heterocycles. The van der Waals surface area contributed by atoms with Gasteiger partial charge in [-0.05, 0) is 74.9 Å². The minimum atomic E-state index is -0.0720. The Hall–Kier alpha value is -3.00. The Morgan fingerprint density at radius 2 is 1.86 bits per heavy atom. The second kappa shape index (κ2) is 9.81. The quantitative estimate of drug-likeness (QED) is 0.472. The molecule has 1 N–H and O–H groups in total. The molecule has 3 aromatic rings. The summed E-state index contributed by atoms with van der Waals surface area (Å²) in [7, 11) is 4.83. The number of carbonyl (C=O) groups excluding carboxylic acids is 1. The molecule has 1 aliphatic carbocycles. The van der Waals surface area contributed by atoms with Gasteiger partial charge in [-0.25, -0.2) is 4.98 Å². The van der Waals surface area contributed by atoms with Crippen molar-refractivity contribution in [3.63, 3.8) is 0 Å². The molecule has 2 aliphatic rings. The Balaban J connectivity index is 1.33. The van der Waals surface area contributed by atoms with Crippen molar-refractivity contribution in [2.45, 2.75) is 56.7 Å². The highest BCUT2D eigenvalue weighted by molar-refractivity contribution is 7.18. The first-order valence-corrected chi connectivity index (χ1v) is 13.2. The van der Waals surface area contributed by atoms with Gasteiger partial charge < -0.3 is 14.6 Å². The minimum Gasteiger partial charge on any atom is -0.381 e. The first-order valence-electron chi connectivity index (χ1n) is 12.6. The van der Waals surface area contributed by atoms with Crippen LogP contribution in [0.1, 0.15) is 70.2 Å². The number of nitrogens with zero attached hydrogens (tertiary/aromatic N) is 3. The van der Waals surface area contributed by atoms with E-state index in [-0.39, 0.29) is 11.1 Å². The molecule has 1 atom stereocenters. The normalized spacial score (nSPS) is 22.2. The van der Waals surface area contributed by atoms with Crippen LogP contribution in [-0.4, -0.2) is 47.1 Å².